The second-order valence-corrected chi connectivity index (χ2v) is 8.30. The zero-order chi connectivity index (χ0) is 20.8. The van der Waals surface area contributed by atoms with Crippen molar-refractivity contribution >= 4 is 57.5 Å². The predicted molar refractivity (Wildman–Crippen MR) is 119 cm³/mol. The summed E-state index contributed by atoms with van der Waals surface area (Å²) < 4.78 is 11.7. The van der Waals surface area contributed by atoms with Crippen molar-refractivity contribution in [1.29, 1.82) is 0 Å². The SMILES string of the molecule is CCOC(=O)CN1C(=O)S/C(=C/c2ccc(OCc3ccc(I)cc3)cc2)C1=O. The predicted octanol–water partition coefficient (Wildman–Crippen LogP) is 4.47. The van der Waals surface area contributed by atoms with Gasteiger partial charge in [0.1, 0.15) is 18.9 Å². The van der Waals surface area contributed by atoms with Gasteiger partial charge in [-0.3, -0.25) is 19.3 Å². The lowest BCUT2D eigenvalue weighted by molar-refractivity contribution is -0.145. The molecule has 6 nitrogen and oxygen atoms in total. The summed E-state index contributed by atoms with van der Waals surface area (Å²) in [5.41, 5.74) is 1.83. The molecule has 0 atom stereocenters. The number of nitrogens with zero attached hydrogens (tertiary/aromatic N) is 1. The Labute approximate surface area is 186 Å². The van der Waals surface area contributed by atoms with Crippen LogP contribution in [0.15, 0.2) is 53.4 Å². The zero-order valence-corrected chi connectivity index (χ0v) is 18.6. The number of rotatable bonds is 7. The van der Waals surface area contributed by atoms with E-state index in [1.165, 1.54) is 3.57 Å². The molecule has 0 unspecified atom stereocenters. The molecule has 2 amide bonds. The Kier molecular flexibility index (Phi) is 7.32. The number of carbonyl (C=O) groups excluding carboxylic acids is 3. The molecule has 0 N–H and O–H groups in total. The van der Waals surface area contributed by atoms with Crippen molar-refractivity contribution in [3.05, 3.63) is 68.1 Å². The third-order valence-corrected chi connectivity index (χ3v) is 5.59. The highest BCUT2D eigenvalue weighted by atomic mass is 127. The highest BCUT2D eigenvalue weighted by molar-refractivity contribution is 14.1. The summed E-state index contributed by atoms with van der Waals surface area (Å²) >= 11 is 3.06. The molecule has 0 radical (unpaired) electrons. The number of benzene rings is 2. The van der Waals surface area contributed by atoms with Crippen LogP contribution in [-0.2, 0) is 20.9 Å². The Morgan fingerprint density at radius 3 is 2.45 bits per heavy atom. The highest BCUT2D eigenvalue weighted by Gasteiger charge is 2.36. The number of imide groups is 1. The average molecular weight is 523 g/mol. The van der Waals surface area contributed by atoms with Crippen LogP contribution < -0.4 is 4.74 Å². The zero-order valence-electron chi connectivity index (χ0n) is 15.6. The van der Waals surface area contributed by atoms with Crippen LogP contribution in [0, 0.1) is 3.57 Å². The number of carbonyl (C=O) groups is 3. The average Bonchev–Trinajstić information content (AvgIpc) is 2.96. The van der Waals surface area contributed by atoms with Crippen LogP contribution in [0.1, 0.15) is 18.1 Å². The fraction of sp³-hybridized carbons (Fsp3) is 0.190. The largest absolute Gasteiger partial charge is 0.489 e. The van der Waals surface area contributed by atoms with Crippen LogP contribution in [0.2, 0.25) is 0 Å². The topological polar surface area (TPSA) is 72.9 Å². The molecule has 29 heavy (non-hydrogen) atoms. The Morgan fingerprint density at radius 2 is 1.79 bits per heavy atom. The Balaban J connectivity index is 1.61. The lowest BCUT2D eigenvalue weighted by atomic mass is 10.2. The standard InChI is InChI=1S/C21H18INO5S/c1-2-27-19(24)12-23-20(25)18(29-21(23)26)11-14-5-9-17(10-6-14)28-13-15-3-7-16(22)8-4-15/h3-11H,2,12-13H2,1H3/b18-11+. The van der Waals surface area contributed by atoms with E-state index in [0.29, 0.717) is 12.4 Å². The van der Waals surface area contributed by atoms with Crippen molar-refractivity contribution in [3.8, 4) is 5.75 Å². The van der Waals surface area contributed by atoms with Crippen molar-refractivity contribution in [2.45, 2.75) is 13.5 Å². The van der Waals surface area contributed by atoms with E-state index in [-0.39, 0.29) is 18.1 Å². The van der Waals surface area contributed by atoms with Crippen LogP contribution >= 0.6 is 34.4 Å². The summed E-state index contributed by atoms with van der Waals surface area (Å²) in [5.74, 6) is -0.395. The monoisotopic (exact) mass is 523 g/mol. The minimum Gasteiger partial charge on any atom is -0.489 e. The lowest BCUT2D eigenvalue weighted by Crippen LogP contribution is -2.34. The van der Waals surface area contributed by atoms with Gasteiger partial charge in [0.15, 0.2) is 0 Å². The molecule has 1 aliphatic rings. The molecule has 1 fully saturated rings. The smallest absolute Gasteiger partial charge is 0.326 e. The van der Waals surface area contributed by atoms with Gasteiger partial charge in [-0.2, -0.15) is 0 Å². The molecule has 0 saturated carbocycles. The molecule has 0 bridgehead atoms. The maximum Gasteiger partial charge on any atom is 0.326 e. The third kappa shape index (κ3) is 5.83. The van der Waals surface area contributed by atoms with Gasteiger partial charge in [0.2, 0.25) is 0 Å². The molecule has 0 aliphatic carbocycles. The molecule has 1 aliphatic heterocycles. The van der Waals surface area contributed by atoms with Gasteiger partial charge in [0.25, 0.3) is 11.1 Å². The quantitative estimate of drug-likeness (QED) is 0.303. The van der Waals surface area contributed by atoms with Gasteiger partial charge in [0, 0.05) is 3.57 Å². The van der Waals surface area contributed by atoms with Crippen LogP contribution in [-0.4, -0.2) is 35.2 Å². The van der Waals surface area contributed by atoms with E-state index in [1.807, 2.05) is 36.4 Å². The molecular formula is C21H18INO5S. The molecule has 1 heterocycles. The summed E-state index contributed by atoms with van der Waals surface area (Å²) in [7, 11) is 0. The Bertz CT molecular complexity index is 941. The van der Waals surface area contributed by atoms with Gasteiger partial charge >= 0.3 is 5.97 Å². The van der Waals surface area contributed by atoms with Crippen molar-refractivity contribution in [2.75, 3.05) is 13.2 Å². The summed E-state index contributed by atoms with van der Waals surface area (Å²) in [6.07, 6.45) is 1.62. The fourth-order valence-corrected chi connectivity index (χ4v) is 3.73. The Morgan fingerprint density at radius 1 is 1.10 bits per heavy atom. The molecule has 0 spiro atoms. The number of thioether (sulfide) groups is 1. The normalized spacial score (nSPS) is 15.1. The van der Waals surface area contributed by atoms with Gasteiger partial charge < -0.3 is 9.47 Å². The van der Waals surface area contributed by atoms with E-state index in [1.54, 1.807) is 25.1 Å². The summed E-state index contributed by atoms with van der Waals surface area (Å²) in [6.45, 7) is 1.95. The number of hydrogen-bond donors (Lipinski definition) is 0. The van der Waals surface area contributed by atoms with Crippen molar-refractivity contribution in [2.24, 2.45) is 0 Å². The minimum atomic E-state index is -0.606. The summed E-state index contributed by atoms with van der Waals surface area (Å²) in [6, 6.07) is 15.3. The highest BCUT2D eigenvalue weighted by Crippen LogP contribution is 2.32. The van der Waals surface area contributed by atoms with E-state index >= 15 is 0 Å². The van der Waals surface area contributed by atoms with Gasteiger partial charge in [-0.1, -0.05) is 24.3 Å². The van der Waals surface area contributed by atoms with Crippen molar-refractivity contribution in [3.63, 3.8) is 0 Å². The van der Waals surface area contributed by atoms with E-state index in [2.05, 4.69) is 22.6 Å². The molecule has 150 valence electrons. The van der Waals surface area contributed by atoms with Crippen molar-refractivity contribution in [1.82, 2.24) is 4.90 Å². The molecule has 1 saturated heterocycles. The Hall–Kier alpha value is -2.33. The van der Waals surface area contributed by atoms with Gasteiger partial charge in [-0.25, -0.2) is 0 Å². The summed E-state index contributed by atoms with van der Waals surface area (Å²) in [4.78, 5) is 37.1. The first-order valence-electron chi connectivity index (χ1n) is 8.84. The number of ether oxygens (including phenoxy) is 2. The molecule has 0 aromatic heterocycles. The van der Waals surface area contributed by atoms with Gasteiger partial charge in [-0.05, 0) is 82.7 Å². The maximum absolute atomic E-state index is 12.4. The lowest BCUT2D eigenvalue weighted by Gasteiger charge is -2.10. The van der Waals surface area contributed by atoms with E-state index < -0.39 is 17.1 Å². The minimum absolute atomic E-state index is 0.197. The number of esters is 1. The van der Waals surface area contributed by atoms with Crippen LogP contribution in [0.25, 0.3) is 6.08 Å². The van der Waals surface area contributed by atoms with Crippen LogP contribution in [0.5, 0.6) is 5.75 Å². The van der Waals surface area contributed by atoms with E-state index in [9.17, 15) is 14.4 Å². The maximum atomic E-state index is 12.4. The third-order valence-electron chi connectivity index (χ3n) is 3.96. The second-order valence-electron chi connectivity index (χ2n) is 6.06. The van der Waals surface area contributed by atoms with Crippen LogP contribution in [0.4, 0.5) is 4.79 Å². The van der Waals surface area contributed by atoms with Gasteiger partial charge in [0.05, 0.1) is 11.5 Å². The van der Waals surface area contributed by atoms with Crippen molar-refractivity contribution < 1.29 is 23.9 Å². The number of hydrogen-bond acceptors (Lipinski definition) is 6. The van der Waals surface area contributed by atoms with E-state index in [0.717, 1.165) is 27.8 Å². The molecule has 8 heteroatoms. The fourth-order valence-electron chi connectivity index (χ4n) is 2.53. The molecule has 3 rings (SSSR count). The molecule has 2 aromatic rings. The first-order chi connectivity index (χ1) is 14.0. The first kappa shape index (κ1) is 21.4. The molecule has 2 aromatic carbocycles. The molecular weight excluding hydrogens is 505 g/mol. The van der Waals surface area contributed by atoms with E-state index in [4.69, 9.17) is 9.47 Å². The second kappa shape index (κ2) is 9.93. The summed E-state index contributed by atoms with van der Waals surface area (Å²) in [5, 5.41) is -0.480. The first-order valence-corrected chi connectivity index (χ1v) is 10.7. The number of halogens is 1. The van der Waals surface area contributed by atoms with Gasteiger partial charge in [-0.15, -0.1) is 0 Å². The number of amides is 2. The van der Waals surface area contributed by atoms with Crippen LogP contribution in [0.3, 0.4) is 0 Å².